The van der Waals surface area contributed by atoms with Gasteiger partial charge in [-0.15, -0.1) is 10.2 Å². The van der Waals surface area contributed by atoms with Gasteiger partial charge in [-0.05, 0) is 24.6 Å². The van der Waals surface area contributed by atoms with Crippen molar-refractivity contribution in [2.75, 3.05) is 13.6 Å². The molecule has 0 radical (unpaired) electrons. The number of guanidine groups is 1. The molecule has 0 aliphatic carbocycles. The molecular weight excluding hydrogens is 343 g/mol. The van der Waals surface area contributed by atoms with Crippen molar-refractivity contribution in [2.45, 2.75) is 39.3 Å². The third-order valence-corrected chi connectivity index (χ3v) is 4.34. The minimum Gasteiger partial charge on any atom is -0.356 e. The van der Waals surface area contributed by atoms with Crippen LogP contribution in [0.5, 0.6) is 0 Å². The van der Waals surface area contributed by atoms with Gasteiger partial charge in [0.1, 0.15) is 12.1 Å². The van der Waals surface area contributed by atoms with Crippen LogP contribution in [0.2, 0.25) is 5.02 Å². The Labute approximate surface area is 152 Å². The highest BCUT2D eigenvalue weighted by atomic mass is 35.5. The molecule has 0 aliphatic rings. The number of halogens is 2. The first-order valence-corrected chi connectivity index (χ1v) is 8.52. The van der Waals surface area contributed by atoms with Gasteiger partial charge in [-0.3, -0.25) is 4.99 Å². The van der Waals surface area contributed by atoms with E-state index in [2.05, 4.69) is 25.8 Å². The van der Waals surface area contributed by atoms with Crippen molar-refractivity contribution < 1.29 is 4.39 Å². The van der Waals surface area contributed by atoms with E-state index in [1.54, 1.807) is 19.4 Å². The third-order valence-electron chi connectivity index (χ3n) is 4.03. The van der Waals surface area contributed by atoms with Gasteiger partial charge in [-0.25, -0.2) is 4.39 Å². The number of nitrogens with zero attached hydrogens (tertiary/aromatic N) is 4. The van der Waals surface area contributed by atoms with Gasteiger partial charge in [0.15, 0.2) is 11.8 Å². The van der Waals surface area contributed by atoms with Crippen LogP contribution in [0.3, 0.4) is 0 Å². The molecule has 0 spiro atoms. The summed E-state index contributed by atoms with van der Waals surface area (Å²) in [6.07, 6.45) is 1.70. The lowest BCUT2D eigenvalue weighted by Crippen LogP contribution is -2.43. The number of hydrogen-bond acceptors (Lipinski definition) is 3. The van der Waals surface area contributed by atoms with Crippen molar-refractivity contribution in [1.82, 2.24) is 25.4 Å². The average Bonchev–Trinajstić information content (AvgIpc) is 3.02. The van der Waals surface area contributed by atoms with E-state index in [-0.39, 0.29) is 11.2 Å². The highest BCUT2D eigenvalue weighted by Crippen LogP contribution is 2.29. The molecule has 6 nitrogen and oxygen atoms in total. The summed E-state index contributed by atoms with van der Waals surface area (Å²) >= 11 is 6.19. The number of aromatic nitrogens is 3. The van der Waals surface area contributed by atoms with E-state index < -0.39 is 0 Å². The maximum atomic E-state index is 13.3. The first-order chi connectivity index (χ1) is 11.9. The molecule has 2 rings (SSSR count). The first kappa shape index (κ1) is 19.2. The van der Waals surface area contributed by atoms with Crippen molar-refractivity contribution >= 4 is 17.6 Å². The van der Waals surface area contributed by atoms with Gasteiger partial charge in [0, 0.05) is 30.6 Å². The standard InChI is InChI=1S/C17H24ClFN6/c1-5-25-11-23-24-15(25)9-21-16(20-4)22-10-17(2,3)13-7-6-12(19)8-14(13)18/h6-8,11H,5,9-10H2,1-4H3,(H2,20,21,22). The smallest absolute Gasteiger partial charge is 0.191 e. The number of hydrogen-bond donors (Lipinski definition) is 2. The molecule has 2 N–H and O–H groups in total. The fourth-order valence-electron chi connectivity index (χ4n) is 2.50. The number of aryl methyl sites for hydroxylation is 1. The quantitative estimate of drug-likeness (QED) is 0.609. The molecule has 1 aromatic carbocycles. The van der Waals surface area contributed by atoms with Crippen LogP contribution in [0.4, 0.5) is 4.39 Å². The molecule has 1 heterocycles. The summed E-state index contributed by atoms with van der Waals surface area (Å²) < 4.78 is 15.2. The summed E-state index contributed by atoms with van der Waals surface area (Å²) in [5.74, 6) is 1.15. The predicted octanol–water partition coefficient (Wildman–Crippen LogP) is 2.73. The minimum absolute atomic E-state index is 0.300. The van der Waals surface area contributed by atoms with E-state index in [4.69, 9.17) is 11.6 Å². The highest BCUT2D eigenvalue weighted by molar-refractivity contribution is 6.31. The SMILES string of the molecule is CCn1cnnc1CNC(=NC)NCC(C)(C)c1ccc(F)cc1Cl. The molecule has 0 fully saturated rings. The van der Waals surface area contributed by atoms with Crippen molar-refractivity contribution in [2.24, 2.45) is 4.99 Å². The van der Waals surface area contributed by atoms with Crippen molar-refractivity contribution in [3.05, 3.63) is 46.8 Å². The number of benzene rings is 1. The average molecular weight is 367 g/mol. The first-order valence-electron chi connectivity index (χ1n) is 8.14. The number of aliphatic imine (C=N–C) groups is 1. The molecule has 0 amide bonds. The molecule has 0 atom stereocenters. The molecule has 0 saturated heterocycles. The third kappa shape index (κ3) is 4.92. The topological polar surface area (TPSA) is 67.1 Å². The largest absolute Gasteiger partial charge is 0.356 e. The van der Waals surface area contributed by atoms with Gasteiger partial charge >= 0.3 is 0 Å². The zero-order valence-electron chi connectivity index (χ0n) is 15.0. The monoisotopic (exact) mass is 366 g/mol. The predicted molar refractivity (Wildman–Crippen MR) is 98.3 cm³/mol. The van der Waals surface area contributed by atoms with Crippen LogP contribution in [0.15, 0.2) is 29.5 Å². The Morgan fingerprint density at radius 2 is 2.12 bits per heavy atom. The van der Waals surface area contributed by atoms with Gasteiger partial charge < -0.3 is 15.2 Å². The second-order valence-electron chi connectivity index (χ2n) is 6.32. The second kappa shape index (κ2) is 8.29. The molecule has 0 unspecified atom stereocenters. The highest BCUT2D eigenvalue weighted by Gasteiger charge is 2.24. The van der Waals surface area contributed by atoms with E-state index in [9.17, 15) is 4.39 Å². The van der Waals surface area contributed by atoms with Crippen LogP contribution in [0, 0.1) is 5.82 Å². The van der Waals surface area contributed by atoms with Gasteiger partial charge in [0.2, 0.25) is 0 Å². The van der Waals surface area contributed by atoms with E-state index in [1.165, 1.54) is 12.1 Å². The lowest BCUT2D eigenvalue weighted by atomic mass is 9.84. The van der Waals surface area contributed by atoms with Crippen LogP contribution in [-0.4, -0.2) is 34.3 Å². The Kier molecular flexibility index (Phi) is 6.36. The van der Waals surface area contributed by atoms with E-state index in [0.717, 1.165) is 17.9 Å². The summed E-state index contributed by atoms with van der Waals surface area (Å²) in [4.78, 5) is 4.22. The molecule has 0 saturated carbocycles. The normalized spacial score (nSPS) is 12.3. The van der Waals surface area contributed by atoms with Gasteiger partial charge in [0.25, 0.3) is 0 Å². The van der Waals surface area contributed by atoms with Crippen molar-refractivity contribution in [1.29, 1.82) is 0 Å². The van der Waals surface area contributed by atoms with E-state index >= 15 is 0 Å². The van der Waals surface area contributed by atoms with Crippen LogP contribution < -0.4 is 10.6 Å². The maximum Gasteiger partial charge on any atom is 0.191 e. The minimum atomic E-state index is -0.338. The number of nitrogens with one attached hydrogen (secondary N) is 2. The van der Waals surface area contributed by atoms with E-state index in [0.29, 0.717) is 24.1 Å². The molecule has 8 heteroatoms. The molecule has 0 bridgehead atoms. The zero-order chi connectivity index (χ0) is 18.4. The van der Waals surface area contributed by atoms with Gasteiger partial charge in [0.05, 0.1) is 6.54 Å². The van der Waals surface area contributed by atoms with Crippen LogP contribution >= 0.6 is 11.6 Å². The summed E-state index contributed by atoms with van der Waals surface area (Å²) in [6.45, 7) is 8.03. The summed E-state index contributed by atoms with van der Waals surface area (Å²) in [7, 11) is 1.71. The second-order valence-corrected chi connectivity index (χ2v) is 6.73. The van der Waals surface area contributed by atoms with Crippen molar-refractivity contribution in [3.8, 4) is 0 Å². The molecule has 25 heavy (non-hydrogen) atoms. The van der Waals surface area contributed by atoms with Crippen LogP contribution in [0.1, 0.15) is 32.2 Å². The van der Waals surface area contributed by atoms with E-state index in [1.807, 2.05) is 25.3 Å². The molecular formula is C17H24ClFN6. The molecule has 136 valence electrons. The molecule has 0 aliphatic heterocycles. The zero-order valence-corrected chi connectivity index (χ0v) is 15.7. The number of rotatable bonds is 6. The Bertz CT molecular complexity index is 740. The summed E-state index contributed by atoms with van der Waals surface area (Å²) in [5, 5.41) is 14.9. The molecule has 1 aromatic heterocycles. The lowest BCUT2D eigenvalue weighted by molar-refractivity contribution is 0.506. The fraction of sp³-hybridized carbons (Fsp3) is 0.471. The maximum absolute atomic E-state index is 13.3. The Balaban J connectivity index is 1.97. The van der Waals surface area contributed by atoms with Crippen LogP contribution in [-0.2, 0) is 18.5 Å². The van der Waals surface area contributed by atoms with Gasteiger partial charge in [-0.2, -0.15) is 0 Å². The Morgan fingerprint density at radius 1 is 1.36 bits per heavy atom. The summed E-state index contributed by atoms with van der Waals surface area (Å²) in [5.41, 5.74) is 0.579. The summed E-state index contributed by atoms with van der Waals surface area (Å²) in [6, 6.07) is 4.48. The molecule has 2 aromatic rings. The lowest BCUT2D eigenvalue weighted by Gasteiger charge is -2.27. The van der Waals surface area contributed by atoms with Crippen molar-refractivity contribution in [3.63, 3.8) is 0 Å². The van der Waals surface area contributed by atoms with Gasteiger partial charge in [-0.1, -0.05) is 31.5 Å². The fourth-order valence-corrected chi connectivity index (χ4v) is 2.92. The Morgan fingerprint density at radius 3 is 2.76 bits per heavy atom. The Hall–Kier alpha value is -2.15. The van der Waals surface area contributed by atoms with Crippen LogP contribution in [0.25, 0.3) is 0 Å².